The van der Waals surface area contributed by atoms with Gasteiger partial charge in [0.2, 0.25) is 0 Å². The van der Waals surface area contributed by atoms with Gasteiger partial charge >= 0.3 is 19.6 Å². The molecule has 0 unspecified atom stereocenters. The van der Waals surface area contributed by atoms with Crippen LogP contribution in [0.3, 0.4) is 0 Å². The minimum atomic E-state index is -0.518. The van der Waals surface area contributed by atoms with E-state index in [9.17, 15) is 0 Å². The van der Waals surface area contributed by atoms with Crippen LogP contribution in [0.1, 0.15) is 6.92 Å². The van der Waals surface area contributed by atoms with Gasteiger partial charge in [-0.25, -0.2) is 0 Å². The van der Waals surface area contributed by atoms with Gasteiger partial charge in [-0.15, -0.1) is 0 Å². The van der Waals surface area contributed by atoms with Crippen molar-refractivity contribution in [2.75, 3.05) is 0 Å². The van der Waals surface area contributed by atoms with E-state index >= 15 is 0 Å². The predicted molar refractivity (Wildman–Crippen MR) is 39.6 cm³/mol. The van der Waals surface area contributed by atoms with Crippen LogP contribution < -0.4 is 0 Å². The van der Waals surface area contributed by atoms with E-state index in [4.69, 9.17) is 0 Å². The Kier molecular flexibility index (Phi) is 3.53. The topological polar surface area (TPSA) is 0 Å². The molecule has 0 aromatic rings. The van der Waals surface area contributed by atoms with Crippen molar-refractivity contribution in [1.82, 2.24) is 0 Å². The molecular weight excluding hydrogens is 112 g/mol. The van der Waals surface area contributed by atoms with E-state index in [-0.39, 0.29) is 0 Å². The zero-order valence-corrected chi connectivity index (χ0v) is 8.33. The molecule has 40 valence electrons. The largest absolute Gasteiger partial charge is 0.363 e. The van der Waals surface area contributed by atoms with E-state index in [1.165, 1.54) is 4.55 Å². The van der Waals surface area contributed by atoms with Crippen molar-refractivity contribution >= 4 is 25.3 Å². The summed E-state index contributed by atoms with van der Waals surface area (Å²) in [6.45, 7) is 9.75. The maximum Gasteiger partial charge on any atom is 0.363 e. The van der Waals surface area contributed by atoms with Crippen molar-refractivity contribution < 1.29 is 0 Å². The maximum absolute atomic E-state index is 2.47. The molecule has 0 nitrogen and oxygen atoms in total. The lowest BCUT2D eigenvalue weighted by Gasteiger charge is -2.11. The van der Waals surface area contributed by atoms with Gasteiger partial charge in [-0.1, -0.05) is 32.3 Å². The molecule has 0 aliphatic carbocycles. The molecule has 0 atom stereocenters. The lowest BCUT2D eigenvalue weighted by atomic mass is 11.0. The normalized spacial score (nSPS) is 10.9. The average Bonchev–Trinajstić information content (AvgIpc) is 1.30. The summed E-state index contributed by atoms with van der Waals surface area (Å²) in [6, 6.07) is 0. The molecule has 2 heteroatoms. The van der Waals surface area contributed by atoms with Crippen LogP contribution in [0.25, 0.3) is 0 Å². The van der Waals surface area contributed by atoms with E-state index in [0.29, 0.717) is 19.6 Å². The smallest absolute Gasteiger partial charge is 0.151 e. The van der Waals surface area contributed by atoms with Crippen molar-refractivity contribution in [2.24, 2.45) is 0 Å². The van der Waals surface area contributed by atoms with Crippen LogP contribution in [0.2, 0.25) is 24.2 Å². The second kappa shape index (κ2) is 3.10. The summed E-state index contributed by atoms with van der Waals surface area (Å²) in [5.74, 6) is 0. The van der Waals surface area contributed by atoms with Crippen molar-refractivity contribution in [3.63, 3.8) is 0 Å². The molecule has 0 fully saturated rings. The summed E-state index contributed by atoms with van der Waals surface area (Å²) in [6.07, 6.45) is 0. The Morgan fingerprint density at radius 3 is 1.71 bits per heavy atom. The Hall–Kier alpha value is 0.983. The monoisotopic (exact) mass is 126 g/mol. The van der Waals surface area contributed by atoms with Crippen LogP contribution in [-0.2, 0) is 0 Å². The molecule has 0 saturated carbocycles. The molecule has 0 heterocycles. The van der Waals surface area contributed by atoms with Gasteiger partial charge in [0.15, 0.2) is 0 Å². The molecule has 0 rings (SSSR count). The number of rotatable bonds is 2. The number of hydrogen-bond donors (Lipinski definition) is 0. The molecule has 0 amide bonds. The Balaban J connectivity index is 3.15. The van der Waals surface area contributed by atoms with Crippen molar-refractivity contribution in [2.45, 2.75) is 31.1 Å². The van der Waals surface area contributed by atoms with Gasteiger partial charge < -0.3 is 0 Å². The second-order valence-electron chi connectivity index (χ2n) is 3.31. The summed E-state index contributed by atoms with van der Waals surface area (Å²) >= 11 is 0.399. The van der Waals surface area contributed by atoms with Crippen LogP contribution >= 0.6 is 0 Å². The Bertz CT molecular complexity index is 46.5. The fourth-order valence-corrected chi connectivity index (χ4v) is 6.75. The molecule has 0 aromatic heterocycles. The molecular formula is C5H14MgSi. The van der Waals surface area contributed by atoms with E-state index in [1.54, 1.807) is 0 Å². The molecule has 0 aliphatic heterocycles. The first kappa shape index (κ1) is 7.98. The van der Waals surface area contributed by atoms with Gasteiger partial charge in [0.1, 0.15) is 0 Å². The fraction of sp³-hybridized carbons (Fsp3) is 1.00. The maximum atomic E-state index is 2.47. The quantitative estimate of drug-likeness (QED) is 0.497. The van der Waals surface area contributed by atoms with E-state index in [1.807, 2.05) is 0 Å². The van der Waals surface area contributed by atoms with Gasteiger partial charge in [-0.2, -0.15) is 4.55 Å². The average molecular weight is 127 g/mol. The molecule has 0 saturated heterocycles. The van der Waals surface area contributed by atoms with Gasteiger partial charge in [-0.3, -0.25) is 0 Å². The highest BCUT2D eigenvalue weighted by Gasteiger charge is 2.12. The van der Waals surface area contributed by atoms with Crippen LogP contribution in [0, 0.1) is 0 Å². The van der Waals surface area contributed by atoms with Gasteiger partial charge in [0, 0.05) is 0 Å². The van der Waals surface area contributed by atoms with Gasteiger partial charge in [-0.05, 0) is 0 Å². The number of hydrogen-bond acceptors (Lipinski definition) is 0. The predicted octanol–water partition coefficient (Wildman–Crippen LogP) is 1.96. The lowest BCUT2D eigenvalue weighted by molar-refractivity contribution is 1.46. The summed E-state index contributed by atoms with van der Waals surface area (Å²) < 4.78 is 1.51. The molecule has 0 spiro atoms. The molecule has 0 aromatic carbocycles. The summed E-state index contributed by atoms with van der Waals surface area (Å²) in [5, 5.41) is 0. The molecule has 7 heavy (non-hydrogen) atoms. The molecule has 0 bridgehead atoms. The van der Waals surface area contributed by atoms with E-state index in [0.717, 1.165) is 0 Å². The first-order chi connectivity index (χ1) is 3.06. The highest BCUT2D eigenvalue weighted by molar-refractivity contribution is 7.22. The highest BCUT2D eigenvalue weighted by Crippen LogP contribution is 1.98. The zero-order chi connectivity index (χ0) is 5.91. The third kappa shape index (κ3) is 6.98. The first-order valence-corrected chi connectivity index (χ1v) is 9.89. The Morgan fingerprint density at radius 2 is 1.71 bits per heavy atom. The molecule has 0 aliphatic rings. The lowest BCUT2D eigenvalue weighted by Crippen LogP contribution is -2.28. The van der Waals surface area contributed by atoms with Crippen molar-refractivity contribution in [3.8, 4) is 0 Å². The van der Waals surface area contributed by atoms with Crippen molar-refractivity contribution in [1.29, 1.82) is 0 Å². The second-order valence-corrected chi connectivity index (χ2v) is 17.8. The van der Waals surface area contributed by atoms with E-state index < -0.39 is 5.72 Å². The minimum Gasteiger partial charge on any atom is -0.151 e. The Morgan fingerprint density at radius 1 is 1.29 bits per heavy atom. The minimum absolute atomic E-state index is 0.399. The molecule has 0 radical (unpaired) electrons. The molecule has 0 N–H and O–H groups in total. The Labute approximate surface area is 56.5 Å². The summed E-state index contributed by atoms with van der Waals surface area (Å²) in [5.41, 5.74) is -0.518. The summed E-state index contributed by atoms with van der Waals surface area (Å²) in [7, 11) is 0. The third-order valence-electron chi connectivity index (χ3n) is 1.000. The first-order valence-electron chi connectivity index (χ1n) is 3.06. The fourth-order valence-electron chi connectivity index (χ4n) is 0.750. The highest BCUT2D eigenvalue weighted by atomic mass is 28.5. The third-order valence-corrected chi connectivity index (χ3v) is 9.00. The zero-order valence-electron chi connectivity index (χ0n) is 5.91. The van der Waals surface area contributed by atoms with E-state index in [2.05, 4.69) is 26.6 Å². The van der Waals surface area contributed by atoms with Crippen LogP contribution in [0.4, 0.5) is 0 Å². The van der Waals surface area contributed by atoms with Crippen LogP contribution in [0.15, 0.2) is 0 Å². The SMILES string of the molecule is C[CH2][Mg][Si](C)(C)C. The van der Waals surface area contributed by atoms with Crippen LogP contribution in [-0.4, -0.2) is 25.3 Å². The van der Waals surface area contributed by atoms with Crippen LogP contribution in [0.5, 0.6) is 0 Å². The van der Waals surface area contributed by atoms with Gasteiger partial charge in [0.05, 0.1) is 0 Å². The standard InChI is InChI=1S/C3H9Si.C2H5.Mg/c1-4(2)3;1-2;/h1-3H3;1H2,2H3;. The van der Waals surface area contributed by atoms with Gasteiger partial charge in [0.25, 0.3) is 0 Å². The van der Waals surface area contributed by atoms with Crippen molar-refractivity contribution in [3.05, 3.63) is 0 Å². The summed E-state index contributed by atoms with van der Waals surface area (Å²) in [4.78, 5) is 0.